The fourth-order valence-corrected chi connectivity index (χ4v) is 2.98. The second-order valence-corrected chi connectivity index (χ2v) is 5.62. The maximum atomic E-state index is 12.1. The van der Waals surface area contributed by atoms with E-state index >= 15 is 0 Å². The molecule has 98 valence electrons. The molecule has 0 aromatic carbocycles. The van der Waals surface area contributed by atoms with Crippen molar-refractivity contribution in [3.05, 3.63) is 16.1 Å². The van der Waals surface area contributed by atoms with Crippen LogP contribution in [0.15, 0.2) is 5.51 Å². The highest BCUT2D eigenvalue weighted by Gasteiger charge is 2.42. The molecule has 1 aliphatic rings. The third-order valence-corrected chi connectivity index (χ3v) is 4.43. The standard InChI is InChI=1S/C12H16N2O3S/c1-7-10(18-6-13-7)5-14(2)11(15)8-3-4-9(8)12(16)17/h6,8-9H,3-5H2,1-2H3,(H,16,17). The van der Waals surface area contributed by atoms with Crippen molar-refractivity contribution in [2.24, 2.45) is 11.8 Å². The Bertz CT molecular complexity index is 472. The van der Waals surface area contributed by atoms with Crippen LogP contribution in [-0.2, 0) is 16.1 Å². The number of hydrogen-bond donors (Lipinski definition) is 1. The van der Waals surface area contributed by atoms with Gasteiger partial charge in [0.05, 0.1) is 29.6 Å². The van der Waals surface area contributed by atoms with Gasteiger partial charge in [0.25, 0.3) is 0 Å². The Balaban J connectivity index is 1.97. The fraction of sp³-hybridized carbons (Fsp3) is 0.583. The van der Waals surface area contributed by atoms with Crippen LogP contribution in [0.3, 0.4) is 0 Å². The largest absolute Gasteiger partial charge is 0.481 e. The molecule has 1 aliphatic carbocycles. The van der Waals surface area contributed by atoms with E-state index in [0.29, 0.717) is 19.4 Å². The minimum absolute atomic E-state index is 0.0681. The molecule has 0 aliphatic heterocycles. The lowest BCUT2D eigenvalue weighted by Crippen LogP contribution is -2.44. The Hall–Kier alpha value is -1.43. The van der Waals surface area contributed by atoms with E-state index in [1.165, 1.54) is 11.3 Å². The van der Waals surface area contributed by atoms with Crippen molar-refractivity contribution >= 4 is 23.2 Å². The number of carbonyl (C=O) groups excluding carboxylic acids is 1. The van der Waals surface area contributed by atoms with E-state index < -0.39 is 11.9 Å². The van der Waals surface area contributed by atoms with Crippen molar-refractivity contribution in [1.82, 2.24) is 9.88 Å². The van der Waals surface area contributed by atoms with Crippen LogP contribution in [0.25, 0.3) is 0 Å². The number of carboxylic acids is 1. The molecule has 2 unspecified atom stereocenters. The third-order valence-electron chi connectivity index (χ3n) is 3.51. The molecule has 0 saturated heterocycles. The Labute approximate surface area is 109 Å². The first kappa shape index (κ1) is 13.0. The summed E-state index contributed by atoms with van der Waals surface area (Å²) in [4.78, 5) is 29.8. The number of hydrogen-bond acceptors (Lipinski definition) is 4. The Morgan fingerprint density at radius 2 is 2.17 bits per heavy atom. The number of aromatic nitrogens is 1. The van der Waals surface area contributed by atoms with Gasteiger partial charge in [0, 0.05) is 11.9 Å². The first-order valence-corrected chi connectivity index (χ1v) is 6.75. The molecule has 18 heavy (non-hydrogen) atoms. The van der Waals surface area contributed by atoms with Gasteiger partial charge in [-0.05, 0) is 19.8 Å². The SMILES string of the molecule is Cc1ncsc1CN(C)C(=O)C1CCC1C(=O)O. The fourth-order valence-electron chi connectivity index (χ4n) is 2.15. The van der Waals surface area contributed by atoms with Crippen LogP contribution in [0.5, 0.6) is 0 Å². The van der Waals surface area contributed by atoms with E-state index in [4.69, 9.17) is 5.11 Å². The molecule has 5 nitrogen and oxygen atoms in total. The molecule has 1 aromatic rings. The van der Waals surface area contributed by atoms with Crippen molar-refractivity contribution in [3.63, 3.8) is 0 Å². The summed E-state index contributed by atoms with van der Waals surface area (Å²) in [6.45, 7) is 2.42. The van der Waals surface area contributed by atoms with E-state index in [1.54, 1.807) is 17.5 Å². The number of carboxylic acid groups (broad SMARTS) is 1. The molecular formula is C12H16N2O3S. The molecule has 1 saturated carbocycles. The highest BCUT2D eigenvalue weighted by Crippen LogP contribution is 2.36. The molecule has 1 heterocycles. The molecule has 1 fully saturated rings. The number of carbonyl (C=O) groups is 2. The third kappa shape index (κ3) is 2.38. The maximum Gasteiger partial charge on any atom is 0.307 e. The summed E-state index contributed by atoms with van der Waals surface area (Å²) in [6.07, 6.45) is 1.29. The van der Waals surface area contributed by atoms with E-state index in [-0.39, 0.29) is 11.8 Å². The smallest absolute Gasteiger partial charge is 0.307 e. The van der Waals surface area contributed by atoms with Crippen LogP contribution in [-0.4, -0.2) is 33.9 Å². The van der Waals surface area contributed by atoms with Gasteiger partial charge >= 0.3 is 5.97 Å². The van der Waals surface area contributed by atoms with Crippen molar-refractivity contribution in [3.8, 4) is 0 Å². The monoisotopic (exact) mass is 268 g/mol. The molecule has 0 radical (unpaired) electrons. The highest BCUT2D eigenvalue weighted by atomic mass is 32.1. The first-order chi connectivity index (χ1) is 8.50. The van der Waals surface area contributed by atoms with Crippen LogP contribution in [0.4, 0.5) is 0 Å². The van der Waals surface area contributed by atoms with Gasteiger partial charge in [-0.1, -0.05) is 0 Å². The van der Waals surface area contributed by atoms with Gasteiger partial charge in [0.1, 0.15) is 0 Å². The summed E-state index contributed by atoms with van der Waals surface area (Å²) in [5, 5.41) is 8.96. The zero-order valence-corrected chi connectivity index (χ0v) is 11.2. The van der Waals surface area contributed by atoms with E-state index in [1.807, 2.05) is 6.92 Å². The summed E-state index contributed by atoms with van der Waals surface area (Å²) in [7, 11) is 1.72. The summed E-state index contributed by atoms with van der Waals surface area (Å²) in [5.74, 6) is -1.77. The normalized spacial score (nSPS) is 22.3. The summed E-state index contributed by atoms with van der Waals surface area (Å²) < 4.78 is 0. The zero-order chi connectivity index (χ0) is 13.3. The molecule has 1 aromatic heterocycles. The summed E-state index contributed by atoms with van der Waals surface area (Å²) in [6, 6.07) is 0. The number of amides is 1. The second-order valence-electron chi connectivity index (χ2n) is 4.68. The summed E-state index contributed by atoms with van der Waals surface area (Å²) >= 11 is 1.52. The topological polar surface area (TPSA) is 70.5 Å². The van der Waals surface area contributed by atoms with E-state index in [0.717, 1.165) is 10.6 Å². The minimum Gasteiger partial charge on any atom is -0.481 e. The minimum atomic E-state index is -0.859. The highest BCUT2D eigenvalue weighted by molar-refractivity contribution is 7.09. The van der Waals surface area contributed by atoms with E-state index in [9.17, 15) is 9.59 Å². The quantitative estimate of drug-likeness (QED) is 0.898. The molecule has 1 N–H and O–H groups in total. The Morgan fingerprint density at radius 1 is 1.50 bits per heavy atom. The lowest BCUT2D eigenvalue weighted by molar-refractivity contribution is -0.156. The lowest BCUT2D eigenvalue weighted by atomic mass is 9.73. The van der Waals surface area contributed by atoms with Gasteiger partial charge < -0.3 is 10.0 Å². The lowest BCUT2D eigenvalue weighted by Gasteiger charge is -2.34. The van der Waals surface area contributed by atoms with E-state index in [2.05, 4.69) is 4.98 Å². The average molecular weight is 268 g/mol. The van der Waals surface area contributed by atoms with Crippen LogP contribution < -0.4 is 0 Å². The van der Waals surface area contributed by atoms with Crippen LogP contribution >= 0.6 is 11.3 Å². The van der Waals surface area contributed by atoms with Crippen LogP contribution in [0, 0.1) is 18.8 Å². The first-order valence-electron chi connectivity index (χ1n) is 5.87. The molecular weight excluding hydrogens is 252 g/mol. The Kier molecular flexibility index (Phi) is 3.65. The number of nitrogens with zero attached hydrogens (tertiary/aromatic N) is 2. The van der Waals surface area contributed by atoms with Gasteiger partial charge in [-0.15, -0.1) is 11.3 Å². The number of rotatable bonds is 4. The zero-order valence-electron chi connectivity index (χ0n) is 10.4. The van der Waals surface area contributed by atoms with Crippen molar-refractivity contribution in [2.75, 3.05) is 7.05 Å². The van der Waals surface area contributed by atoms with Crippen molar-refractivity contribution in [1.29, 1.82) is 0 Å². The average Bonchev–Trinajstić information content (AvgIpc) is 2.61. The van der Waals surface area contributed by atoms with Gasteiger partial charge in [-0.3, -0.25) is 9.59 Å². The molecule has 2 atom stereocenters. The van der Waals surface area contributed by atoms with Crippen molar-refractivity contribution in [2.45, 2.75) is 26.3 Å². The van der Waals surface area contributed by atoms with Gasteiger partial charge in [-0.25, -0.2) is 4.98 Å². The number of aryl methyl sites for hydroxylation is 1. The predicted molar refractivity (Wildman–Crippen MR) is 67.2 cm³/mol. The molecule has 0 bridgehead atoms. The number of aliphatic carboxylic acids is 1. The predicted octanol–water partition coefficient (Wildman–Crippen LogP) is 1.52. The molecule has 0 spiro atoms. The van der Waals surface area contributed by atoms with Gasteiger partial charge in [0.2, 0.25) is 5.91 Å². The van der Waals surface area contributed by atoms with Gasteiger partial charge in [0.15, 0.2) is 0 Å². The molecule has 6 heteroatoms. The molecule has 2 rings (SSSR count). The summed E-state index contributed by atoms with van der Waals surface area (Å²) in [5.41, 5.74) is 2.69. The Morgan fingerprint density at radius 3 is 2.61 bits per heavy atom. The van der Waals surface area contributed by atoms with Crippen molar-refractivity contribution < 1.29 is 14.7 Å². The van der Waals surface area contributed by atoms with Gasteiger partial charge in [-0.2, -0.15) is 0 Å². The van der Waals surface area contributed by atoms with Crippen LogP contribution in [0.2, 0.25) is 0 Å². The van der Waals surface area contributed by atoms with Crippen LogP contribution in [0.1, 0.15) is 23.4 Å². The molecule has 1 amide bonds. The number of thiazole rings is 1. The maximum absolute atomic E-state index is 12.1. The second kappa shape index (κ2) is 5.06.